The second kappa shape index (κ2) is 11.2. The first-order chi connectivity index (χ1) is 11.9. The van der Waals surface area contributed by atoms with Crippen LogP contribution in [0.2, 0.25) is 0 Å². The first-order valence-corrected chi connectivity index (χ1v) is 7.75. The molecule has 0 radical (unpaired) electrons. The highest BCUT2D eigenvalue weighted by molar-refractivity contribution is 5.83. The molecule has 2 N–H and O–H groups in total. The number of methoxy groups -OCH3 is 1. The molecule has 0 bridgehead atoms. The summed E-state index contributed by atoms with van der Waals surface area (Å²) in [5, 5.41) is 0. The molecule has 0 spiro atoms. The predicted molar refractivity (Wildman–Crippen MR) is 87.5 cm³/mol. The summed E-state index contributed by atoms with van der Waals surface area (Å²) < 4.78 is 19.1. The Kier molecular flexibility index (Phi) is 9.20. The number of hydrogen-bond acceptors (Lipinski definition) is 8. The molecule has 2 unspecified atom stereocenters. The third kappa shape index (κ3) is 8.27. The van der Waals surface area contributed by atoms with Gasteiger partial charge < -0.3 is 24.7 Å². The summed E-state index contributed by atoms with van der Waals surface area (Å²) in [5.41, 5.74) is 6.65. The summed E-state index contributed by atoms with van der Waals surface area (Å²) in [4.78, 5) is 34.9. The number of ether oxygens (including phenoxy) is 4. The average Bonchev–Trinajstić information content (AvgIpc) is 2.60. The highest BCUT2D eigenvalue weighted by Gasteiger charge is 2.24. The maximum absolute atomic E-state index is 11.9. The van der Waals surface area contributed by atoms with Crippen LogP contribution in [0, 0.1) is 0 Å². The quantitative estimate of drug-likeness (QED) is 0.361. The first kappa shape index (κ1) is 20.6. The summed E-state index contributed by atoms with van der Waals surface area (Å²) in [5.74, 6) is -2.30. The van der Waals surface area contributed by atoms with Crippen LogP contribution in [0.5, 0.6) is 0 Å². The number of benzene rings is 1. The lowest BCUT2D eigenvalue weighted by atomic mass is 10.1. The van der Waals surface area contributed by atoms with Crippen LogP contribution in [0.1, 0.15) is 12.5 Å². The molecule has 0 aliphatic carbocycles. The maximum Gasteiger partial charge on any atom is 0.347 e. The molecule has 1 aromatic rings. The van der Waals surface area contributed by atoms with E-state index in [1.54, 1.807) is 0 Å². The number of carbonyl (C=O) groups excluding carboxylic acids is 3. The fourth-order valence-electron chi connectivity index (χ4n) is 1.79. The maximum atomic E-state index is 11.9. The van der Waals surface area contributed by atoms with Crippen LogP contribution in [-0.4, -0.2) is 57.0 Å². The highest BCUT2D eigenvalue weighted by atomic mass is 16.6. The normalized spacial score (nSPS) is 12.8. The monoisotopic (exact) mass is 353 g/mol. The number of esters is 3. The predicted octanol–water partition coefficient (Wildman–Crippen LogP) is 0.221. The fourth-order valence-corrected chi connectivity index (χ4v) is 1.79. The SMILES string of the molecule is COCCOC(=O)COC(=O)C(C)OC(=O)C(N)Cc1ccccc1. The summed E-state index contributed by atoms with van der Waals surface area (Å²) in [6, 6.07) is 8.28. The Labute approximate surface area is 146 Å². The van der Waals surface area contributed by atoms with Gasteiger partial charge in [0.1, 0.15) is 12.6 Å². The molecule has 1 rings (SSSR count). The molecule has 0 saturated carbocycles. The molecule has 0 amide bonds. The van der Waals surface area contributed by atoms with Gasteiger partial charge in [0.2, 0.25) is 0 Å². The molecule has 0 aliphatic rings. The average molecular weight is 353 g/mol. The van der Waals surface area contributed by atoms with Gasteiger partial charge in [-0.3, -0.25) is 4.79 Å². The van der Waals surface area contributed by atoms with E-state index in [9.17, 15) is 14.4 Å². The van der Waals surface area contributed by atoms with E-state index in [-0.39, 0.29) is 19.6 Å². The van der Waals surface area contributed by atoms with Crippen molar-refractivity contribution in [2.24, 2.45) is 5.73 Å². The van der Waals surface area contributed by atoms with Crippen LogP contribution in [0.4, 0.5) is 0 Å². The van der Waals surface area contributed by atoms with Crippen molar-refractivity contribution in [3.8, 4) is 0 Å². The van der Waals surface area contributed by atoms with Gasteiger partial charge in [0.25, 0.3) is 0 Å². The number of nitrogens with two attached hydrogens (primary N) is 1. The summed E-state index contributed by atoms with van der Waals surface area (Å²) in [7, 11) is 1.46. The van der Waals surface area contributed by atoms with Gasteiger partial charge in [0, 0.05) is 7.11 Å². The second-order valence-corrected chi connectivity index (χ2v) is 5.20. The van der Waals surface area contributed by atoms with Gasteiger partial charge in [-0.1, -0.05) is 30.3 Å². The highest BCUT2D eigenvalue weighted by Crippen LogP contribution is 2.05. The Balaban J connectivity index is 2.33. The summed E-state index contributed by atoms with van der Waals surface area (Å²) in [6.45, 7) is 1.07. The lowest BCUT2D eigenvalue weighted by Gasteiger charge is -2.16. The fraction of sp³-hybridized carbons (Fsp3) is 0.471. The van der Waals surface area contributed by atoms with Crippen molar-refractivity contribution in [2.75, 3.05) is 26.9 Å². The van der Waals surface area contributed by atoms with E-state index in [2.05, 4.69) is 0 Å². The van der Waals surface area contributed by atoms with Crippen molar-refractivity contribution < 1.29 is 33.3 Å². The zero-order valence-electron chi connectivity index (χ0n) is 14.3. The Bertz CT molecular complexity index is 561. The topological polar surface area (TPSA) is 114 Å². The van der Waals surface area contributed by atoms with E-state index in [0.717, 1.165) is 5.56 Å². The minimum atomic E-state index is -1.18. The standard InChI is InChI=1S/C17H23NO7/c1-12(16(20)24-11-15(19)23-9-8-22-2)25-17(21)14(18)10-13-6-4-3-5-7-13/h3-7,12,14H,8-11,18H2,1-2H3. The largest absolute Gasteiger partial charge is 0.461 e. The lowest BCUT2D eigenvalue weighted by molar-refractivity contribution is -0.171. The van der Waals surface area contributed by atoms with E-state index < -0.39 is 36.7 Å². The van der Waals surface area contributed by atoms with Gasteiger partial charge in [0.15, 0.2) is 12.7 Å². The third-order valence-corrected chi connectivity index (χ3v) is 3.11. The zero-order chi connectivity index (χ0) is 18.7. The lowest BCUT2D eigenvalue weighted by Crippen LogP contribution is -2.38. The minimum absolute atomic E-state index is 0.0613. The molecule has 0 heterocycles. The van der Waals surface area contributed by atoms with Gasteiger partial charge in [0.05, 0.1) is 6.61 Å². The molecule has 1 aromatic carbocycles. The number of rotatable bonds is 10. The molecule has 2 atom stereocenters. The summed E-state index contributed by atoms with van der Waals surface area (Å²) in [6.07, 6.45) is -0.895. The molecule has 8 heteroatoms. The van der Waals surface area contributed by atoms with Crippen LogP contribution < -0.4 is 5.73 Å². The first-order valence-electron chi connectivity index (χ1n) is 7.75. The van der Waals surface area contributed by atoms with Crippen molar-refractivity contribution in [3.05, 3.63) is 35.9 Å². The molecule has 138 valence electrons. The molecule has 0 aliphatic heterocycles. The molecular weight excluding hydrogens is 330 g/mol. The van der Waals surface area contributed by atoms with Gasteiger partial charge >= 0.3 is 17.9 Å². The van der Waals surface area contributed by atoms with Crippen LogP contribution in [-0.2, 0) is 39.8 Å². The van der Waals surface area contributed by atoms with Crippen molar-refractivity contribution in [2.45, 2.75) is 25.5 Å². The molecule has 8 nitrogen and oxygen atoms in total. The van der Waals surface area contributed by atoms with Crippen LogP contribution >= 0.6 is 0 Å². The van der Waals surface area contributed by atoms with E-state index in [1.165, 1.54) is 14.0 Å². The second-order valence-electron chi connectivity index (χ2n) is 5.20. The molecule has 0 fully saturated rings. The van der Waals surface area contributed by atoms with Crippen LogP contribution in [0.3, 0.4) is 0 Å². The van der Waals surface area contributed by atoms with Crippen LogP contribution in [0.25, 0.3) is 0 Å². The molecule has 0 saturated heterocycles. The van der Waals surface area contributed by atoms with Gasteiger partial charge in [-0.25, -0.2) is 9.59 Å². The van der Waals surface area contributed by atoms with E-state index in [0.29, 0.717) is 0 Å². The van der Waals surface area contributed by atoms with Crippen molar-refractivity contribution in [1.29, 1.82) is 0 Å². The molecule has 0 aromatic heterocycles. The van der Waals surface area contributed by atoms with Crippen molar-refractivity contribution in [1.82, 2.24) is 0 Å². The Morgan fingerprint density at radius 1 is 1.04 bits per heavy atom. The van der Waals surface area contributed by atoms with E-state index in [4.69, 9.17) is 24.7 Å². The molecule has 25 heavy (non-hydrogen) atoms. The zero-order valence-corrected chi connectivity index (χ0v) is 14.3. The number of hydrogen-bond donors (Lipinski definition) is 1. The molecular formula is C17H23NO7. The van der Waals surface area contributed by atoms with Crippen molar-refractivity contribution >= 4 is 17.9 Å². The Morgan fingerprint density at radius 2 is 1.72 bits per heavy atom. The van der Waals surface area contributed by atoms with Crippen molar-refractivity contribution in [3.63, 3.8) is 0 Å². The van der Waals surface area contributed by atoms with E-state index >= 15 is 0 Å². The van der Waals surface area contributed by atoms with E-state index in [1.807, 2.05) is 30.3 Å². The smallest absolute Gasteiger partial charge is 0.347 e. The van der Waals surface area contributed by atoms with Crippen LogP contribution in [0.15, 0.2) is 30.3 Å². The van der Waals surface area contributed by atoms with Gasteiger partial charge in [-0.2, -0.15) is 0 Å². The summed E-state index contributed by atoms with van der Waals surface area (Å²) >= 11 is 0. The minimum Gasteiger partial charge on any atom is -0.461 e. The Hall–Kier alpha value is -2.45. The number of carbonyl (C=O) groups is 3. The van der Waals surface area contributed by atoms with Gasteiger partial charge in [-0.15, -0.1) is 0 Å². The van der Waals surface area contributed by atoms with Gasteiger partial charge in [-0.05, 0) is 18.9 Å². The Morgan fingerprint density at radius 3 is 2.36 bits per heavy atom. The third-order valence-electron chi connectivity index (χ3n) is 3.11.